The number of aryl methyl sites for hydroxylation is 1. The molecule has 1 aromatic heterocycles. The molecule has 0 spiro atoms. The number of nitrogens with zero attached hydrogens (tertiary/aromatic N) is 5. The second-order valence-electron chi connectivity index (χ2n) is 14.6. The molecule has 4 aliphatic rings. The number of halogens is 1. The van der Waals surface area contributed by atoms with E-state index in [-0.39, 0.29) is 41.6 Å². The first-order valence-corrected chi connectivity index (χ1v) is 17.9. The quantitative estimate of drug-likeness (QED) is 0.272. The number of aliphatic hydroxyl groups is 1. The topological polar surface area (TPSA) is 94.3 Å². The van der Waals surface area contributed by atoms with Gasteiger partial charge in [-0.25, -0.2) is 4.39 Å². The third-order valence-electron chi connectivity index (χ3n) is 11.6. The molecule has 3 fully saturated rings. The zero-order chi connectivity index (χ0) is 33.2. The highest BCUT2D eigenvalue weighted by Crippen LogP contribution is 2.40. The summed E-state index contributed by atoms with van der Waals surface area (Å²) in [6.07, 6.45) is 9.37. The van der Waals surface area contributed by atoms with Crippen molar-refractivity contribution in [3.8, 4) is 22.9 Å². The van der Waals surface area contributed by atoms with Gasteiger partial charge < -0.3 is 19.8 Å². The van der Waals surface area contributed by atoms with Crippen molar-refractivity contribution in [2.45, 2.75) is 77.3 Å². The number of phenols is 1. The summed E-state index contributed by atoms with van der Waals surface area (Å²) in [6.45, 7) is 10.7. The number of aliphatic hydroxyl groups excluding tert-OH is 1. The Hall–Kier alpha value is -3.82. The molecule has 3 saturated heterocycles. The van der Waals surface area contributed by atoms with Crippen molar-refractivity contribution in [2.24, 2.45) is 16.8 Å². The number of ether oxygens (including phenoxy) is 1. The van der Waals surface area contributed by atoms with Crippen LogP contribution in [0.25, 0.3) is 38.9 Å². The summed E-state index contributed by atoms with van der Waals surface area (Å²) in [7, 11) is 0. The van der Waals surface area contributed by atoms with Crippen molar-refractivity contribution in [3.63, 3.8) is 0 Å². The molecule has 4 aliphatic heterocycles. The smallest absolute Gasteiger partial charge is 0.319 e. The number of phenolic OH excluding ortho intramolecular Hbond substituents is 1. The van der Waals surface area contributed by atoms with Crippen molar-refractivity contribution in [2.75, 3.05) is 44.3 Å². The van der Waals surface area contributed by atoms with E-state index < -0.39 is 0 Å². The number of hydrogen-bond donors (Lipinski definition) is 2. The minimum absolute atomic E-state index is 0.0282. The van der Waals surface area contributed by atoms with Crippen LogP contribution in [0.2, 0.25) is 0 Å². The summed E-state index contributed by atoms with van der Waals surface area (Å²) in [4.78, 5) is 20.4. The Balaban J connectivity index is 1.39. The fraction of sp³-hybridized carbons (Fsp3) is 0.513. The molecule has 0 radical (unpaired) electrons. The fourth-order valence-electron chi connectivity index (χ4n) is 8.92. The van der Waals surface area contributed by atoms with E-state index in [0.717, 1.165) is 94.5 Å². The van der Waals surface area contributed by atoms with Crippen LogP contribution in [-0.4, -0.2) is 76.1 Å². The summed E-state index contributed by atoms with van der Waals surface area (Å²) in [5.74, 6) is 1.02. The number of benzene rings is 3. The van der Waals surface area contributed by atoms with Gasteiger partial charge in [0.15, 0.2) is 0 Å². The predicted molar refractivity (Wildman–Crippen MR) is 188 cm³/mol. The van der Waals surface area contributed by atoms with Gasteiger partial charge in [0.2, 0.25) is 0 Å². The molecule has 9 heteroatoms. The third kappa shape index (κ3) is 5.21. The largest absolute Gasteiger partial charge is 0.508 e. The van der Waals surface area contributed by atoms with Gasteiger partial charge in [-0.1, -0.05) is 26.0 Å². The Morgan fingerprint density at radius 1 is 1.00 bits per heavy atom. The summed E-state index contributed by atoms with van der Waals surface area (Å²) < 4.78 is 21.9. The molecular weight excluding hydrogens is 605 g/mol. The van der Waals surface area contributed by atoms with Crippen LogP contribution in [0.5, 0.6) is 11.8 Å². The lowest BCUT2D eigenvalue weighted by Gasteiger charge is -2.34. The summed E-state index contributed by atoms with van der Waals surface area (Å²) in [5, 5.41) is 25.4. The maximum absolute atomic E-state index is 15.3. The van der Waals surface area contributed by atoms with Crippen LogP contribution in [0.4, 0.5) is 10.2 Å². The lowest BCUT2D eigenvalue weighted by Crippen LogP contribution is -2.43. The Labute approximate surface area is 281 Å². The SMILES string of the molecule is CCc1c(F)ccc2cc(O)cc(-c3cc4nc(OCC56CCCN5CCC6)nc(N5CCCC(CO)C5)c4c4c3=NC(C)C(C)C=4)c12. The number of aromatic nitrogens is 2. The van der Waals surface area contributed by atoms with E-state index in [0.29, 0.717) is 31.1 Å². The van der Waals surface area contributed by atoms with E-state index in [1.807, 2.05) is 13.0 Å². The minimum atomic E-state index is -0.256. The fourth-order valence-corrected chi connectivity index (χ4v) is 8.92. The van der Waals surface area contributed by atoms with E-state index in [1.54, 1.807) is 18.2 Å². The molecule has 0 bridgehead atoms. The Morgan fingerprint density at radius 3 is 2.58 bits per heavy atom. The number of fused-ring (bicyclic) bond motifs is 5. The summed E-state index contributed by atoms with van der Waals surface area (Å²) >= 11 is 0. The highest BCUT2D eigenvalue weighted by Gasteiger charge is 2.45. The van der Waals surface area contributed by atoms with Crippen molar-refractivity contribution in [1.82, 2.24) is 14.9 Å². The average molecular weight is 652 g/mol. The van der Waals surface area contributed by atoms with Gasteiger partial charge in [-0.2, -0.15) is 9.97 Å². The van der Waals surface area contributed by atoms with Gasteiger partial charge in [-0.15, -0.1) is 0 Å². The van der Waals surface area contributed by atoms with Gasteiger partial charge >= 0.3 is 6.01 Å². The van der Waals surface area contributed by atoms with Crippen molar-refractivity contribution >= 4 is 33.6 Å². The van der Waals surface area contributed by atoms with Gasteiger partial charge in [0, 0.05) is 30.5 Å². The number of piperidine rings is 1. The van der Waals surface area contributed by atoms with E-state index in [9.17, 15) is 10.2 Å². The first-order valence-electron chi connectivity index (χ1n) is 17.9. The molecule has 48 heavy (non-hydrogen) atoms. The normalized spacial score (nSPS) is 23.6. The molecule has 8 nitrogen and oxygen atoms in total. The molecule has 252 valence electrons. The van der Waals surface area contributed by atoms with Gasteiger partial charge in [0.05, 0.1) is 27.8 Å². The second-order valence-corrected chi connectivity index (χ2v) is 14.6. The zero-order valence-corrected chi connectivity index (χ0v) is 28.3. The van der Waals surface area contributed by atoms with Crippen molar-refractivity contribution in [1.29, 1.82) is 0 Å². The third-order valence-corrected chi connectivity index (χ3v) is 11.6. The molecule has 4 aromatic rings. The van der Waals surface area contributed by atoms with Crippen molar-refractivity contribution in [3.05, 3.63) is 52.3 Å². The molecule has 0 saturated carbocycles. The lowest BCUT2D eigenvalue weighted by atomic mass is 9.89. The van der Waals surface area contributed by atoms with Crippen LogP contribution >= 0.6 is 0 Å². The van der Waals surface area contributed by atoms with Crippen LogP contribution in [0.1, 0.15) is 64.9 Å². The average Bonchev–Trinajstić information content (AvgIpc) is 3.68. The zero-order valence-electron chi connectivity index (χ0n) is 28.3. The summed E-state index contributed by atoms with van der Waals surface area (Å²) in [5.41, 5.74) is 2.95. The molecule has 0 amide bonds. The highest BCUT2D eigenvalue weighted by molar-refractivity contribution is 6.03. The number of hydrogen-bond acceptors (Lipinski definition) is 8. The first kappa shape index (κ1) is 31.4. The Bertz CT molecular complexity index is 2020. The molecule has 5 heterocycles. The van der Waals surface area contributed by atoms with Gasteiger partial charge in [0.25, 0.3) is 0 Å². The maximum Gasteiger partial charge on any atom is 0.319 e. The van der Waals surface area contributed by atoms with Crippen LogP contribution in [0.3, 0.4) is 0 Å². The monoisotopic (exact) mass is 651 g/mol. The van der Waals surface area contributed by atoms with E-state index in [2.05, 4.69) is 29.7 Å². The van der Waals surface area contributed by atoms with E-state index in [1.165, 1.54) is 18.9 Å². The van der Waals surface area contributed by atoms with Crippen LogP contribution < -0.4 is 20.2 Å². The molecule has 2 N–H and O–H groups in total. The highest BCUT2D eigenvalue weighted by atomic mass is 19.1. The minimum Gasteiger partial charge on any atom is -0.508 e. The second kappa shape index (κ2) is 12.3. The first-order chi connectivity index (χ1) is 23.3. The molecule has 0 aliphatic carbocycles. The van der Waals surface area contributed by atoms with Crippen LogP contribution in [0.15, 0.2) is 35.3 Å². The lowest BCUT2D eigenvalue weighted by molar-refractivity contribution is 0.108. The standard InChI is InChI=1S/C39H46FN5O3/c1-4-28-32(40)10-9-26-17-27(47)18-29(34(26)28)30-19-33-35(31-16-23(2)24(3)41-36(30)31)37(44-13-5-8-25(20-44)21-46)43-38(42-33)48-22-39-11-6-14-45(39)15-7-12-39/h9-10,16-19,23-25,46-47H,4-8,11-15,20-22H2,1-3H3. The van der Waals surface area contributed by atoms with Gasteiger partial charge in [0.1, 0.15) is 24.0 Å². The molecule has 3 atom stereocenters. The molecule has 3 unspecified atom stereocenters. The van der Waals surface area contributed by atoms with Gasteiger partial charge in [-0.3, -0.25) is 9.89 Å². The Kier molecular flexibility index (Phi) is 8.03. The number of rotatable bonds is 7. The predicted octanol–water partition coefficient (Wildman–Crippen LogP) is 5.51. The molecule has 3 aromatic carbocycles. The Morgan fingerprint density at radius 2 is 1.81 bits per heavy atom. The van der Waals surface area contributed by atoms with Crippen LogP contribution in [0, 0.1) is 17.7 Å². The summed E-state index contributed by atoms with van der Waals surface area (Å²) in [6, 6.07) is 9.10. The maximum atomic E-state index is 15.3. The van der Waals surface area contributed by atoms with Crippen molar-refractivity contribution < 1.29 is 19.3 Å². The number of aromatic hydroxyl groups is 1. The van der Waals surface area contributed by atoms with Gasteiger partial charge in [-0.05, 0) is 123 Å². The van der Waals surface area contributed by atoms with Crippen LogP contribution in [-0.2, 0) is 6.42 Å². The molecule has 8 rings (SSSR count). The molecular formula is C39H46FN5O3. The van der Waals surface area contributed by atoms with E-state index >= 15 is 4.39 Å². The van der Waals surface area contributed by atoms with E-state index in [4.69, 9.17) is 19.7 Å². The number of anilines is 1.